The van der Waals surface area contributed by atoms with Crippen LogP contribution in [0.4, 0.5) is 0 Å². The molecule has 6 nitrogen and oxygen atoms in total. The molecule has 2 rings (SSSR count). The number of rotatable bonds is 4. The van der Waals surface area contributed by atoms with Crippen molar-refractivity contribution in [3.05, 3.63) is 52.3 Å². The number of aryl methyl sites for hydroxylation is 1. The standard InChI is InChI=1S/C18H22BrN3O3/c1-18(2,3)12-5-7-14(8-6-12)25-11-16(23)20-21-17(24)15-9-13(19)10-22(15)4/h5-10H,11H2,1-4H3,(H,20,23)(H,21,24). The van der Waals surface area contributed by atoms with Crippen LogP contribution in [0.1, 0.15) is 36.8 Å². The first-order valence-corrected chi connectivity index (χ1v) is 8.60. The molecule has 2 amide bonds. The molecule has 0 saturated heterocycles. The topological polar surface area (TPSA) is 72.4 Å². The predicted molar refractivity (Wildman–Crippen MR) is 99.4 cm³/mol. The number of hydrogen-bond acceptors (Lipinski definition) is 3. The van der Waals surface area contributed by atoms with E-state index in [0.717, 1.165) is 4.47 Å². The lowest BCUT2D eigenvalue weighted by atomic mass is 9.87. The Morgan fingerprint density at radius 2 is 1.80 bits per heavy atom. The minimum Gasteiger partial charge on any atom is -0.484 e. The van der Waals surface area contributed by atoms with Gasteiger partial charge in [-0.2, -0.15) is 0 Å². The lowest BCUT2D eigenvalue weighted by Crippen LogP contribution is -2.44. The SMILES string of the molecule is Cn1cc(Br)cc1C(=O)NNC(=O)COc1ccc(C(C)(C)C)cc1. The number of aromatic nitrogens is 1. The van der Waals surface area contributed by atoms with Crippen LogP contribution in [0.5, 0.6) is 5.75 Å². The van der Waals surface area contributed by atoms with Gasteiger partial charge in [-0.1, -0.05) is 32.9 Å². The van der Waals surface area contributed by atoms with Crippen LogP contribution >= 0.6 is 15.9 Å². The molecular formula is C18H22BrN3O3. The summed E-state index contributed by atoms with van der Waals surface area (Å²) in [6, 6.07) is 9.27. The van der Waals surface area contributed by atoms with Crippen molar-refractivity contribution in [2.75, 3.05) is 6.61 Å². The first-order chi connectivity index (χ1) is 11.7. The molecular weight excluding hydrogens is 386 g/mol. The smallest absolute Gasteiger partial charge is 0.286 e. The number of nitrogens with one attached hydrogen (secondary N) is 2. The van der Waals surface area contributed by atoms with Crippen LogP contribution in [0, 0.1) is 0 Å². The highest BCUT2D eigenvalue weighted by molar-refractivity contribution is 9.10. The van der Waals surface area contributed by atoms with Crippen molar-refractivity contribution in [2.24, 2.45) is 7.05 Å². The highest BCUT2D eigenvalue weighted by Gasteiger charge is 2.14. The van der Waals surface area contributed by atoms with E-state index in [1.54, 1.807) is 23.9 Å². The summed E-state index contributed by atoms with van der Waals surface area (Å²) in [4.78, 5) is 23.8. The molecule has 25 heavy (non-hydrogen) atoms. The molecule has 2 aromatic rings. The molecule has 0 bridgehead atoms. The minimum atomic E-state index is -0.443. The molecule has 0 aliphatic heterocycles. The van der Waals surface area contributed by atoms with Crippen molar-refractivity contribution in [2.45, 2.75) is 26.2 Å². The van der Waals surface area contributed by atoms with E-state index in [9.17, 15) is 9.59 Å². The number of benzene rings is 1. The molecule has 0 aliphatic carbocycles. The number of ether oxygens (including phenoxy) is 1. The number of hydrogen-bond donors (Lipinski definition) is 2. The first kappa shape index (κ1) is 19.1. The van der Waals surface area contributed by atoms with Crippen LogP contribution in [-0.2, 0) is 17.3 Å². The van der Waals surface area contributed by atoms with Gasteiger partial charge >= 0.3 is 0 Å². The summed E-state index contributed by atoms with van der Waals surface area (Å²) in [6.45, 7) is 6.20. The maximum atomic E-state index is 12.0. The normalized spacial score (nSPS) is 11.1. The average Bonchev–Trinajstić information content (AvgIpc) is 2.88. The second-order valence-corrected chi connectivity index (χ2v) is 7.64. The third-order valence-corrected chi connectivity index (χ3v) is 4.04. The fraction of sp³-hybridized carbons (Fsp3) is 0.333. The van der Waals surface area contributed by atoms with E-state index in [0.29, 0.717) is 11.4 Å². The molecule has 0 aliphatic rings. The Bertz CT molecular complexity index is 761. The van der Waals surface area contributed by atoms with Gasteiger partial charge in [-0.3, -0.25) is 20.4 Å². The highest BCUT2D eigenvalue weighted by atomic mass is 79.9. The molecule has 0 fully saturated rings. The molecule has 1 aromatic heterocycles. The Labute approximate surface area is 155 Å². The van der Waals surface area contributed by atoms with Crippen molar-refractivity contribution < 1.29 is 14.3 Å². The van der Waals surface area contributed by atoms with Crippen molar-refractivity contribution >= 4 is 27.7 Å². The molecule has 0 spiro atoms. The van der Waals surface area contributed by atoms with Crippen LogP contribution < -0.4 is 15.6 Å². The Hall–Kier alpha value is -2.28. The summed E-state index contributed by atoms with van der Waals surface area (Å²) in [5, 5.41) is 0. The lowest BCUT2D eigenvalue weighted by Gasteiger charge is -2.19. The quantitative estimate of drug-likeness (QED) is 0.765. The summed E-state index contributed by atoms with van der Waals surface area (Å²) >= 11 is 3.29. The molecule has 2 N–H and O–H groups in total. The van der Waals surface area contributed by atoms with Crippen molar-refractivity contribution in [1.29, 1.82) is 0 Å². The van der Waals surface area contributed by atoms with Gasteiger partial charge in [-0.05, 0) is 45.1 Å². The molecule has 7 heteroatoms. The van der Waals surface area contributed by atoms with Gasteiger partial charge in [0.1, 0.15) is 11.4 Å². The zero-order chi connectivity index (χ0) is 18.6. The predicted octanol–water partition coefficient (Wildman–Crippen LogP) is 2.93. The maximum absolute atomic E-state index is 12.0. The van der Waals surface area contributed by atoms with Crippen molar-refractivity contribution in [3.8, 4) is 5.75 Å². The van der Waals surface area contributed by atoms with Crippen molar-refractivity contribution in [1.82, 2.24) is 15.4 Å². The largest absolute Gasteiger partial charge is 0.484 e. The van der Waals surface area contributed by atoms with Gasteiger partial charge in [0.25, 0.3) is 11.8 Å². The Kier molecular flexibility index (Phi) is 5.89. The fourth-order valence-electron chi connectivity index (χ4n) is 2.18. The summed E-state index contributed by atoms with van der Waals surface area (Å²) in [7, 11) is 1.74. The summed E-state index contributed by atoms with van der Waals surface area (Å²) in [5.41, 5.74) is 6.36. The van der Waals surface area contributed by atoms with Gasteiger partial charge in [0, 0.05) is 17.7 Å². The van der Waals surface area contributed by atoms with Crippen LogP contribution in [0.3, 0.4) is 0 Å². The van der Waals surface area contributed by atoms with Crippen LogP contribution in [0.15, 0.2) is 41.0 Å². The molecule has 0 unspecified atom stereocenters. The molecule has 0 radical (unpaired) electrons. The van der Waals surface area contributed by atoms with E-state index in [-0.39, 0.29) is 12.0 Å². The van der Waals surface area contributed by atoms with E-state index in [1.165, 1.54) is 5.56 Å². The second-order valence-electron chi connectivity index (χ2n) is 6.72. The zero-order valence-corrected chi connectivity index (χ0v) is 16.3. The summed E-state index contributed by atoms with van der Waals surface area (Å²) in [6.07, 6.45) is 1.75. The van der Waals surface area contributed by atoms with Gasteiger partial charge in [0.2, 0.25) is 0 Å². The van der Waals surface area contributed by atoms with Gasteiger partial charge in [-0.25, -0.2) is 0 Å². The van der Waals surface area contributed by atoms with Crippen LogP contribution in [-0.4, -0.2) is 23.0 Å². The second kappa shape index (κ2) is 7.74. The molecule has 0 saturated carbocycles. The fourth-order valence-corrected chi connectivity index (χ4v) is 2.70. The monoisotopic (exact) mass is 407 g/mol. The van der Waals surface area contributed by atoms with E-state index in [2.05, 4.69) is 47.6 Å². The summed E-state index contributed by atoms with van der Waals surface area (Å²) < 4.78 is 7.86. The van der Waals surface area contributed by atoms with Gasteiger partial charge < -0.3 is 9.30 Å². The Balaban J connectivity index is 1.81. The number of halogens is 1. The Morgan fingerprint density at radius 3 is 2.32 bits per heavy atom. The molecule has 1 heterocycles. The average molecular weight is 408 g/mol. The van der Waals surface area contributed by atoms with E-state index < -0.39 is 11.8 Å². The van der Waals surface area contributed by atoms with E-state index in [4.69, 9.17) is 4.74 Å². The van der Waals surface area contributed by atoms with Crippen molar-refractivity contribution in [3.63, 3.8) is 0 Å². The lowest BCUT2D eigenvalue weighted by molar-refractivity contribution is -0.123. The minimum absolute atomic E-state index is 0.0616. The Morgan fingerprint density at radius 1 is 1.16 bits per heavy atom. The first-order valence-electron chi connectivity index (χ1n) is 7.81. The van der Waals surface area contributed by atoms with E-state index in [1.807, 2.05) is 24.3 Å². The number of carbonyl (C=O) groups is 2. The zero-order valence-electron chi connectivity index (χ0n) is 14.7. The maximum Gasteiger partial charge on any atom is 0.286 e. The third kappa shape index (κ3) is 5.35. The number of nitrogens with zero attached hydrogens (tertiary/aromatic N) is 1. The van der Waals surface area contributed by atoms with Gasteiger partial charge in [-0.15, -0.1) is 0 Å². The van der Waals surface area contributed by atoms with Gasteiger partial charge in [0.15, 0.2) is 6.61 Å². The summed E-state index contributed by atoms with van der Waals surface area (Å²) in [5.74, 6) is -0.251. The molecule has 0 atom stereocenters. The molecule has 1 aromatic carbocycles. The van der Waals surface area contributed by atoms with E-state index >= 15 is 0 Å². The number of amides is 2. The highest BCUT2D eigenvalue weighted by Crippen LogP contribution is 2.24. The van der Waals surface area contributed by atoms with Crippen LogP contribution in [0.2, 0.25) is 0 Å². The molecule has 134 valence electrons. The van der Waals surface area contributed by atoms with Crippen LogP contribution in [0.25, 0.3) is 0 Å². The number of hydrazine groups is 1. The number of carbonyl (C=O) groups excluding carboxylic acids is 2. The third-order valence-electron chi connectivity index (χ3n) is 3.61. The van der Waals surface area contributed by atoms with Gasteiger partial charge in [0.05, 0.1) is 0 Å².